The summed E-state index contributed by atoms with van der Waals surface area (Å²) in [7, 11) is 0. The van der Waals surface area contributed by atoms with Crippen LogP contribution in [0.25, 0.3) is 0 Å². The van der Waals surface area contributed by atoms with Gasteiger partial charge in [-0.2, -0.15) is 0 Å². The third-order valence-corrected chi connectivity index (χ3v) is 3.97. The maximum absolute atomic E-state index is 12.0. The summed E-state index contributed by atoms with van der Waals surface area (Å²) >= 11 is 17.7. The van der Waals surface area contributed by atoms with Gasteiger partial charge < -0.3 is 10.1 Å². The Morgan fingerprint density at radius 1 is 1.17 bits per heavy atom. The molecule has 24 heavy (non-hydrogen) atoms. The molecule has 0 bridgehead atoms. The van der Waals surface area contributed by atoms with Gasteiger partial charge in [0.15, 0.2) is 6.10 Å². The number of nitrogens with one attached hydrogen (secondary N) is 1. The number of rotatable bonds is 5. The van der Waals surface area contributed by atoms with Crippen LogP contribution in [-0.4, -0.2) is 23.0 Å². The Balaban J connectivity index is 1.93. The van der Waals surface area contributed by atoms with Crippen molar-refractivity contribution in [3.8, 4) is 0 Å². The van der Waals surface area contributed by atoms with Crippen LogP contribution in [0.4, 0.5) is 5.82 Å². The van der Waals surface area contributed by atoms with Crippen molar-refractivity contribution in [2.24, 2.45) is 0 Å². The summed E-state index contributed by atoms with van der Waals surface area (Å²) in [5, 5.41) is 3.70. The van der Waals surface area contributed by atoms with Gasteiger partial charge in [-0.15, -0.1) is 0 Å². The van der Waals surface area contributed by atoms with Crippen LogP contribution >= 0.6 is 34.8 Å². The van der Waals surface area contributed by atoms with Crippen molar-refractivity contribution in [1.82, 2.24) is 4.98 Å². The standard InChI is InChI=1S/C16H13Cl3N2O3/c1-9(16(23)21-14-6-5-10(17)8-20-14)24-15(22)7-11-12(18)3-2-4-13(11)19/h2-6,8-9H,7H2,1H3,(H,20,21,23). The Labute approximate surface area is 153 Å². The Bertz CT molecular complexity index is 730. The Morgan fingerprint density at radius 3 is 2.42 bits per heavy atom. The Kier molecular flexibility index (Phi) is 6.43. The second-order valence-corrected chi connectivity index (χ2v) is 6.11. The molecule has 0 saturated carbocycles. The largest absolute Gasteiger partial charge is 0.452 e. The van der Waals surface area contributed by atoms with Crippen molar-refractivity contribution in [3.05, 3.63) is 57.2 Å². The Morgan fingerprint density at radius 2 is 1.83 bits per heavy atom. The number of halogens is 3. The van der Waals surface area contributed by atoms with Crippen LogP contribution in [0.1, 0.15) is 12.5 Å². The fourth-order valence-electron chi connectivity index (χ4n) is 1.82. The van der Waals surface area contributed by atoms with Crippen molar-refractivity contribution in [2.45, 2.75) is 19.4 Å². The predicted octanol–water partition coefficient (Wildman–Crippen LogP) is 4.15. The van der Waals surface area contributed by atoms with Crippen LogP contribution in [-0.2, 0) is 20.7 Å². The van der Waals surface area contributed by atoms with E-state index in [1.165, 1.54) is 19.2 Å². The first-order chi connectivity index (χ1) is 11.4. The first-order valence-electron chi connectivity index (χ1n) is 6.91. The van der Waals surface area contributed by atoms with E-state index in [1.54, 1.807) is 24.3 Å². The minimum absolute atomic E-state index is 0.130. The topological polar surface area (TPSA) is 68.3 Å². The zero-order chi connectivity index (χ0) is 17.7. The molecule has 1 heterocycles. The van der Waals surface area contributed by atoms with E-state index in [1.807, 2.05) is 0 Å². The van der Waals surface area contributed by atoms with Crippen molar-refractivity contribution in [1.29, 1.82) is 0 Å². The van der Waals surface area contributed by atoms with Crippen LogP contribution in [0.2, 0.25) is 15.1 Å². The highest BCUT2D eigenvalue weighted by Crippen LogP contribution is 2.25. The third kappa shape index (κ3) is 5.09. The summed E-state index contributed by atoms with van der Waals surface area (Å²) in [5.41, 5.74) is 0.456. The van der Waals surface area contributed by atoms with E-state index < -0.39 is 18.0 Å². The van der Waals surface area contributed by atoms with Gasteiger partial charge in [-0.25, -0.2) is 4.98 Å². The molecule has 1 aromatic carbocycles. The molecule has 0 aliphatic heterocycles. The van der Waals surface area contributed by atoms with Crippen molar-refractivity contribution >= 4 is 52.5 Å². The monoisotopic (exact) mass is 386 g/mol. The number of carbonyl (C=O) groups excluding carboxylic acids is 2. The van der Waals surface area contributed by atoms with Gasteiger partial charge >= 0.3 is 5.97 Å². The lowest BCUT2D eigenvalue weighted by Crippen LogP contribution is -2.30. The molecule has 1 aromatic heterocycles. The minimum Gasteiger partial charge on any atom is -0.452 e. The van der Waals surface area contributed by atoms with Gasteiger partial charge in [-0.1, -0.05) is 40.9 Å². The lowest BCUT2D eigenvalue weighted by atomic mass is 10.1. The van der Waals surface area contributed by atoms with Crippen LogP contribution in [0.5, 0.6) is 0 Å². The number of benzene rings is 1. The van der Waals surface area contributed by atoms with E-state index in [-0.39, 0.29) is 6.42 Å². The molecule has 126 valence electrons. The highest BCUT2D eigenvalue weighted by molar-refractivity contribution is 6.36. The molecule has 0 aliphatic carbocycles. The normalized spacial score (nSPS) is 11.7. The molecule has 0 radical (unpaired) electrons. The average Bonchev–Trinajstić information content (AvgIpc) is 2.53. The Hall–Kier alpha value is -1.82. The van der Waals surface area contributed by atoms with Gasteiger partial charge in [0.25, 0.3) is 5.91 Å². The number of aromatic nitrogens is 1. The second kappa shape index (κ2) is 8.33. The van der Waals surface area contributed by atoms with E-state index in [0.717, 1.165) is 0 Å². The number of anilines is 1. The predicted molar refractivity (Wildman–Crippen MR) is 93.6 cm³/mol. The van der Waals surface area contributed by atoms with E-state index in [9.17, 15) is 9.59 Å². The molecule has 8 heteroatoms. The summed E-state index contributed by atoms with van der Waals surface area (Å²) < 4.78 is 5.10. The second-order valence-electron chi connectivity index (χ2n) is 4.86. The molecule has 1 unspecified atom stereocenters. The fraction of sp³-hybridized carbons (Fsp3) is 0.188. The smallest absolute Gasteiger partial charge is 0.311 e. The number of hydrogen-bond acceptors (Lipinski definition) is 4. The number of esters is 1. The molecule has 0 aliphatic rings. The van der Waals surface area contributed by atoms with Crippen LogP contribution < -0.4 is 5.32 Å². The van der Waals surface area contributed by atoms with Crippen molar-refractivity contribution < 1.29 is 14.3 Å². The van der Waals surface area contributed by atoms with Crippen LogP contribution in [0.3, 0.4) is 0 Å². The van der Waals surface area contributed by atoms with Gasteiger partial charge in [0.2, 0.25) is 0 Å². The molecule has 1 atom stereocenters. The highest BCUT2D eigenvalue weighted by atomic mass is 35.5. The summed E-state index contributed by atoms with van der Waals surface area (Å²) in [5.74, 6) is -0.818. The SMILES string of the molecule is CC(OC(=O)Cc1c(Cl)cccc1Cl)C(=O)Nc1ccc(Cl)cn1. The summed E-state index contributed by atoms with van der Waals surface area (Å²) in [6.07, 6.45) is 0.263. The van der Waals surface area contributed by atoms with Gasteiger partial charge in [0, 0.05) is 21.8 Å². The number of ether oxygens (including phenoxy) is 1. The quantitative estimate of drug-likeness (QED) is 0.782. The lowest BCUT2D eigenvalue weighted by Gasteiger charge is -2.14. The fourth-order valence-corrected chi connectivity index (χ4v) is 2.46. The molecule has 0 fully saturated rings. The number of amides is 1. The molecule has 1 N–H and O–H groups in total. The minimum atomic E-state index is -1.00. The average molecular weight is 388 g/mol. The van der Waals surface area contributed by atoms with Gasteiger partial charge in [-0.3, -0.25) is 9.59 Å². The maximum atomic E-state index is 12.0. The van der Waals surface area contributed by atoms with Gasteiger partial charge in [0.1, 0.15) is 5.82 Å². The third-order valence-electron chi connectivity index (χ3n) is 3.04. The number of pyridine rings is 1. The first kappa shape index (κ1) is 18.5. The van der Waals surface area contributed by atoms with Crippen molar-refractivity contribution in [3.63, 3.8) is 0 Å². The highest BCUT2D eigenvalue weighted by Gasteiger charge is 2.20. The number of carbonyl (C=O) groups is 2. The summed E-state index contributed by atoms with van der Waals surface area (Å²) in [4.78, 5) is 27.9. The molecule has 1 amide bonds. The first-order valence-corrected chi connectivity index (χ1v) is 8.05. The lowest BCUT2D eigenvalue weighted by molar-refractivity contribution is -0.152. The van der Waals surface area contributed by atoms with Gasteiger partial charge in [0.05, 0.1) is 11.4 Å². The maximum Gasteiger partial charge on any atom is 0.311 e. The summed E-state index contributed by atoms with van der Waals surface area (Å²) in [6.45, 7) is 1.46. The van der Waals surface area contributed by atoms with Crippen LogP contribution in [0, 0.1) is 0 Å². The molecule has 5 nitrogen and oxygen atoms in total. The number of nitrogens with zero attached hydrogens (tertiary/aromatic N) is 1. The van der Waals surface area contributed by atoms with E-state index in [4.69, 9.17) is 39.5 Å². The molecular formula is C16H13Cl3N2O3. The molecular weight excluding hydrogens is 375 g/mol. The zero-order valence-corrected chi connectivity index (χ0v) is 14.8. The zero-order valence-electron chi connectivity index (χ0n) is 12.6. The molecule has 2 rings (SSSR count). The molecule has 2 aromatic rings. The summed E-state index contributed by atoms with van der Waals surface area (Å²) in [6, 6.07) is 8.05. The van der Waals surface area contributed by atoms with Gasteiger partial charge in [-0.05, 0) is 31.2 Å². The number of hydrogen-bond donors (Lipinski definition) is 1. The van der Waals surface area contributed by atoms with Crippen molar-refractivity contribution in [2.75, 3.05) is 5.32 Å². The van der Waals surface area contributed by atoms with E-state index in [0.29, 0.717) is 26.4 Å². The van der Waals surface area contributed by atoms with E-state index >= 15 is 0 Å². The van der Waals surface area contributed by atoms with Crippen LogP contribution in [0.15, 0.2) is 36.5 Å². The molecule has 0 saturated heterocycles. The molecule has 0 spiro atoms. The van der Waals surface area contributed by atoms with E-state index in [2.05, 4.69) is 10.3 Å².